The molecule has 0 N–H and O–H groups in total. The summed E-state index contributed by atoms with van der Waals surface area (Å²) in [5.74, 6) is -0.390. The topological polar surface area (TPSA) is 62.6 Å². The number of rotatable bonds is 7. The third-order valence-electron chi connectivity index (χ3n) is 8.40. The zero-order valence-electron chi connectivity index (χ0n) is 24.9. The lowest BCUT2D eigenvalue weighted by Crippen LogP contribution is -2.66. The molecular formula is C31H37Cl3F3N7O. The van der Waals surface area contributed by atoms with Crippen molar-refractivity contribution in [1.82, 2.24) is 34.9 Å². The maximum Gasteiger partial charge on any atom is 0.453 e. The average molecular weight is 687 g/mol. The number of alkyl halides is 3. The lowest BCUT2D eigenvalue weighted by atomic mass is 9.81. The highest BCUT2D eigenvalue weighted by Crippen LogP contribution is 2.37. The van der Waals surface area contributed by atoms with Crippen molar-refractivity contribution >= 4 is 37.2 Å². The first-order valence-electron chi connectivity index (χ1n) is 14.1. The molecule has 2 fully saturated rings. The number of halogens is 6. The second kappa shape index (κ2) is 15.6. The summed E-state index contributed by atoms with van der Waals surface area (Å²) in [6, 6.07) is 26.7. The molecule has 4 aromatic rings. The van der Waals surface area contributed by atoms with Crippen LogP contribution >= 0.6 is 37.2 Å². The molecule has 6 rings (SSSR count). The highest BCUT2D eigenvalue weighted by atomic mass is 35.5. The van der Waals surface area contributed by atoms with Crippen LogP contribution in [0.25, 0.3) is 5.69 Å². The van der Waals surface area contributed by atoms with E-state index in [1.165, 1.54) is 11.1 Å². The first kappa shape index (κ1) is 36.5. The molecule has 2 aliphatic rings. The molecule has 1 unspecified atom stereocenters. The van der Waals surface area contributed by atoms with Gasteiger partial charge in [-0.15, -0.1) is 42.3 Å². The molecule has 3 aromatic carbocycles. The van der Waals surface area contributed by atoms with Crippen LogP contribution in [-0.4, -0.2) is 93.9 Å². The lowest BCUT2D eigenvalue weighted by molar-refractivity contribution is -0.146. The SMILES string of the molecule is COc1ccc(-n2nnnc2C(F)(F)F)cc1CN1CC(C(c2ccccc2)c2ccccc2)N2CCN(C)C[C@H]2C1.Cl.Cl.Cl. The number of fused-ring (bicyclic) bond motifs is 1. The molecule has 8 nitrogen and oxygen atoms in total. The van der Waals surface area contributed by atoms with Crippen LogP contribution in [0.1, 0.15) is 28.4 Å². The molecule has 1 aromatic heterocycles. The van der Waals surface area contributed by atoms with E-state index in [1.807, 2.05) is 12.1 Å². The number of hydrogen-bond donors (Lipinski definition) is 0. The Bertz CT molecular complexity index is 1460. The summed E-state index contributed by atoms with van der Waals surface area (Å²) in [5, 5.41) is 10.1. The standard InChI is InChI=1S/C31H34F3N7O.3ClH/c1-38-15-16-40-26(19-38)20-39(21-27(40)29(22-9-5-3-6-10-22)23-11-7-4-8-12-23)18-24-17-25(13-14-28(24)42-2)41-30(31(32,33)34)35-36-37-41;;;/h3-14,17,26-27,29H,15-16,18-21H2,1-2H3;3*1H/t26-,27?;;;/m0.../s1. The quantitative estimate of drug-likeness (QED) is 0.252. The molecule has 0 radical (unpaired) electrons. The maximum atomic E-state index is 13.6. The van der Waals surface area contributed by atoms with Crippen LogP contribution in [0.5, 0.6) is 5.75 Å². The van der Waals surface area contributed by atoms with Crippen molar-refractivity contribution in [2.45, 2.75) is 30.7 Å². The van der Waals surface area contributed by atoms with Gasteiger partial charge in [-0.2, -0.15) is 17.9 Å². The number of benzene rings is 3. The van der Waals surface area contributed by atoms with E-state index in [2.05, 4.69) is 85.8 Å². The number of nitrogens with zero attached hydrogens (tertiary/aromatic N) is 7. The molecule has 14 heteroatoms. The van der Waals surface area contributed by atoms with Crippen molar-refractivity contribution in [2.75, 3.05) is 46.9 Å². The Labute approximate surface area is 279 Å². The molecule has 2 atom stereocenters. The van der Waals surface area contributed by atoms with E-state index in [9.17, 15) is 13.2 Å². The van der Waals surface area contributed by atoms with Crippen LogP contribution < -0.4 is 4.74 Å². The van der Waals surface area contributed by atoms with Crippen LogP contribution in [0.2, 0.25) is 0 Å². The van der Waals surface area contributed by atoms with Crippen molar-refractivity contribution in [1.29, 1.82) is 0 Å². The molecular weight excluding hydrogens is 650 g/mol. The van der Waals surface area contributed by atoms with Crippen LogP contribution in [0.15, 0.2) is 78.9 Å². The first-order chi connectivity index (χ1) is 20.3. The minimum atomic E-state index is -4.68. The van der Waals surface area contributed by atoms with E-state index >= 15 is 0 Å². The van der Waals surface area contributed by atoms with E-state index in [1.54, 1.807) is 25.3 Å². The Kier molecular flexibility index (Phi) is 12.6. The molecule has 45 heavy (non-hydrogen) atoms. The van der Waals surface area contributed by atoms with E-state index in [4.69, 9.17) is 4.74 Å². The maximum absolute atomic E-state index is 13.6. The zero-order valence-corrected chi connectivity index (χ0v) is 27.3. The Hall–Kier alpha value is -2.93. The minimum absolute atomic E-state index is 0. The van der Waals surface area contributed by atoms with Gasteiger partial charge in [0, 0.05) is 62.8 Å². The molecule has 3 heterocycles. The van der Waals surface area contributed by atoms with Crippen molar-refractivity contribution in [3.05, 3.63) is 101 Å². The van der Waals surface area contributed by atoms with Gasteiger partial charge in [-0.25, -0.2) is 0 Å². The minimum Gasteiger partial charge on any atom is -0.496 e. The van der Waals surface area contributed by atoms with E-state index in [0.29, 0.717) is 18.3 Å². The van der Waals surface area contributed by atoms with Gasteiger partial charge < -0.3 is 9.64 Å². The van der Waals surface area contributed by atoms with Gasteiger partial charge in [0.1, 0.15) is 5.75 Å². The highest BCUT2D eigenvalue weighted by molar-refractivity contribution is 5.86. The van der Waals surface area contributed by atoms with Crippen molar-refractivity contribution < 1.29 is 17.9 Å². The van der Waals surface area contributed by atoms with E-state index < -0.39 is 12.0 Å². The summed E-state index contributed by atoms with van der Waals surface area (Å²) in [5.41, 5.74) is 3.56. The second-order valence-electron chi connectivity index (χ2n) is 11.1. The molecule has 0 aliphatic carbocycles. The van der Waals surface area contributed by atoms with Gasteiger partial charge in [-0.05, 0) is 46.8 Å². The smallest absolute Gasteiger partial charge is 0.453 e. The van der Waals surface area contributed by atoms with Crippen molar-refractivity contribution in [3.63, 3.8) is 0 Å². The predicted molar refractivity (Wildman–Crippen MR) is 174 cm³/mol. The molecule has 244 valence electrons. The summed E-state index contributed by atoms with van der Waals surface area (Å²) >= 11 is 0. The highest BCUT2D eigenvalue weighted by Gasteiger charge is 2.42. The van der Waals surface area contributed by atoms with Crippen LogP contribution in [0.4, 0.5) is 13.2 Å². The van der Waals surface area contributed by atoms with Crippen LogP contribution in [0.3, 0.4) is 0 Å². The summed E-state index contributed by atoms with van der Waals surface area (Å²) in [6.45, 7) is 5.08. The van der Waals surface area contributed by atoms with Gasteiger partial charge in [-0.3, -0.25) is 9.80 Å². The Morgan fingerprint density at radius 2 is 1.51 bits per heavy atom. The number of aromatic nitrogens is 4. The monoisotopic (exact) mass is 685 g/mol. The molecule has 0 saturated carbocycles. The number of hydrogen-bond acceptors (Lipinski definition) is 7. The first-order valence-corrected chi connectivity index (χ1v) is 14.1. The van der Waals surface area contributed by atoms with Crippen molar-refractivity contribution in [2.24, 2.45) is 0 Å². The predicted octanol–water partition coefficient (Wildman–Crippen LogP) is 5.59. The molecule has 2 saturated heterocycles. The molecule has 0 spiro atoms. The number of methoxy groups -OCH3 is 1. The van der Waals surface area contributed by atoms with Gasteiger partial charge in [0.05, 0.1) is 12.8 Å². The fourth-order valence-electron chi connectivity index (χ4n) is 6.55. The number of piperazine rings is 2. The van der Waals surface area contributed by atoms with Gasteiger partial charge in [0.15, 0.2) is 0 Å². The van der Waals surface area contributed by atoms with E-state index in [-0.39, 0.29) is 54.9 Å². The fraction of sp³-hybridized carbons (Fsp3) is 0.387. The molecule has 0 bridgehead atoms. The third-order valence-corrected chi connectivity index (χ3v) is 8.40. The summed E-state index contributed by atoms with van der Waals surface area (Å²) in [6.07, 6.45) is -4.68. The summed E-state index contributed by atoms with van der Waals surface area (Å²) < 4.78 is 47.1. The number of likely N-dealkylation sites (N-methyl/N-ethyl adjacent to an activating group) is 1. The lowest BCUT2D eigenvalue weighted by Gasteiger charge is -2.53. The van der Waals surface area contributed by atoms with Crippen LogP contribution in [0, 0.1) is 0 Å². The van der Waals surface area contributed by atoms with Gasteiger partial charge in [0.2, 0.25) is 0 Å². The van der Waals surface area contributed by atoms with Gasteiger partial charge in [0.25, 0.3) is 5.82 Å². The number of tetrazole rings is 1. The Morgan fingerprint density at radius 3 is 2.11 bits per heavy atom. The van der Waals surface area contributed by atoms with Gasteiger partial charge >= 0.3 is 6.18 Å². The van der Waals surface area contributed by atoms with Gasteiger partial charge in [-0.1, -0.05) is 60.7 Å². The third kappa shape index (κ3) is 7.90. The van der Waals surface area contributed by atoms with Crippen molar-refractivity contribution in [3.8, 4) is 11.4 Å². The molecule has 0 amide bonds. The summed E-state index contributed by atoms with van der Waals surface area (Å²) in [7, 11) is 3.74. The van der Waals surface area contributed by atoms with Crippen LogP contribution in [-0.2, 0) is 12.7 Å². The Balaban J connectivity index is 0.00000184. The average Bonchev–Trinajstić information content (AvgIpc) is 3.49. The molecule has 2 aliphatic heterocycles. The summed E-state index contributed by atoms with van der Waals surface area (Å²) in [4.78, 5) is 7.46. The second-order valence-corrected chi connectivity index (χ2v) is 11.1. The number of ether oxygens (including phenoxy) is 1. The fourth-order valence-corrected chi connectivity index (χ4v) is 6.55. The Morgan fingerprint density at radius 1 is 0.867 bits per heavy atom. The van der Waals surface area contributed by atoms with E-state index in [0.717, 1.165) is 43.0 Å². The zero-order chi connectivity index (χ0) is 29.3. The normalized spacial score (nSPS) is 19.2. The largest absolute Gasteiger partial charge is 0.496 e.